The van der Waals surface area contributed by atoms with Crippen LogP contribution < -0.4 is 0 Å². The molecule has 0 amide bonds. The molecule has 1 nitrogen and oxygen atoms in total. The highest BCUT2D eigenvalue weighted by Crippen LogP contribution is 2.22. The molecule has 0 heterocycles. The van der Waals surface area contributed by atoms with Crippen molar-refractivity contribution < 1.29 is 5.11 Å². The van der Waals surface area contributed by atoms with E-state index in [-0.39, 0.29) is 0 Å². The normalized spacial score (nSPS) is 13.8. The van der Waals surface area contributed by atoms with E-state index in [4.69, 9.17) is 0 Å². The summed E-state index contributed by atoms with van der Waals surface area (Å²) in [5, 5.41) is 10.4. The summed E-state index contributed by atoms with van der Waals surface area (Å²) in [6.45, 7) is 8.63. The SMILES string of the molecule is [CH2]C(O)(CCCCCCCCCC)CCCCCCCCCCCCCC. The molecule has 1 atom stereocenters. The Kier molecular flexibility index (Phi) is 20.7. The molecular formula is C26H53O. The zero-order valence-electron chi connectivity index (χ0n) is 19.2. The molecule has 0 rings (SSSR count). The van der Waals surface area contributed by atoms with Crippen LogP contribution in [-0.2, 0) is 0 Å². The van der Waals surface area contributed by atoms with Crippen LogP contribution in [0, 0.1) is 6.92 Å². The van der Waals surface area contributed by atoms with E-state index in [1.54, 1.807) is 0 Å². The van der Waals surface area contributed by atoms with Gasteiger partial charge >= 0.3 is 0 Å². The van der Waals surface area contributed by atoms with Gasteiger partial charge in [-0.1, -0.05) is 142 Å². The van der Waals surface area contributed by atoms with Crippen molar-refractivity contribution in [3.8, 4) is 0 Å². The van der Waals surface area contributed by atoms with E-state index in [9.17, 15) is 5.11 Å². The Labute approximate surface area is 173 Å². The van der Waals surface area contributed by atoms with Gasteiger partial charge in [-0.15, -0.1) is 0 Å². The molecule has 163 valence electrons. The molecule has 0 aromatic heterocycles. The maximum atomic E-state index is 10.4. The van der Waals surface area contributed by atoms with Gasteiger partial charge in [-0.25, -0.2) is 0 Å². The topological polar surface area (TPSA) is 20.2 Å². The first-order chi connectivity index (χ1) is 13.1. The average molecular weight is 382 g/mol. The fourth-order valence-electron chi connectivity index (χ4n) is 4.01. The van der Waals surface area contributed by atoms with Crippen molar-refractivity contribution in [2.24, 2.45) is 0 Å². The van der Waals surface area contributed by atoms with E-state index in [1.165, 1.54) is 116 Å². The van der Waals surface area contributed by atoms with Gasteiger partial charge in [0.15, 0.2) is 0 Å². The summed E-state index contributed by atoms with van der Waals surface area (Å²) in [6, 6.07) is 0. The van der Waals surface area contributed by atoms with Crippen LogP contribution in [0.2, 0.25) is 0 Å². The van der Waals surface area contributed by atoms with Crippen molar-refractivity contribution >= 4 is 0 Å². The third-order valence-corrected chi connectivity index (χ3v) is 5.99. The minimum atomic E-state index is -0.666. The molecular weight excluding hydrogens is 328 g/mol. The van der Waals surface area contributed by atoms with Crippen LogP contribution in [0.5, 0.6) is 0 Å². The third kappa shape index (κ3) is 22.1. The van der Waals surface area contributed by atoms with Crippen molar-refractivity contribution in [1.82, 2.24) is 0 Å². The highest BCUT2D eigenvalue weighted by Gasteiger charge is 2.18. The number of rotatable bonds is 22. The summed E-state index contributed by atoms with van der Waals surface area (Å²) in [4.78, 5) is 0. The lowest BCUT2D eigenvalue weighted by molar-refractivity contribution is 0.0633. The molecule has 0 aliphatic heterocycles. The molecule has 1 N–H and O–H groups in total. The van der Waals surface area contributed by atoms with Gasteiger partial charge in [0.1, 0.15) is 0 Å². The van der Waals surface area contributed by atoms with E-state index in [1.807, 2.05) is 0 Å². The summed E-state index contributed by atoms with van der Waals surface area (Å²) >= 11 is 0. The first kappa shape index (κ1) is 27.0. The predicted molar refractivity (Wildman–Crippen MR) is 123 cm³/mol. The summed E-state index contributed by atoms with van der Waals surface area (Å²) < 4.78 is 0. The van der Waals surface area contributed by atoms with Gasteiger partial charge in [-0.2, -0.15) is 0 Å². The number of hydrogen-bond donors (Lipinski definition) is 1. The van der Waals surface area contributed by atoms with Crippen molar-refractivity contribution in [1.29, 1.82) is 0 Å². The second-order valence-corrected chi connectivity index (χ2v) is 9.09. The van der Waals surface area contributed by atoms with Crippen LogP contribution >= 0.6 is 0 Å². The Morgan fingerprint density at radius 1 is 0.444 bits per heavy atom. The van der Waals surface area contributed by atoms with Crippen LogP contribution in [0.25, 0.3) is 0 Å². The summed E-state index contributed by atoms with van der Waals surface area (Å²) in [5.74, 6) is 0. The molecule has 0 aliphatic rings. The summed E-state index contributed by atoms with van der Waals surface area (Å²) in [7, 11) is 0. The molecule has 0 aliphatic carbocycles. The van der Waals surface area contributed by atoms with Gasteiger partial charge in [-0.3, -0.25) is 0 Å². The molecule has 27 heavy (non-hydrogen) atoms. The van der Waals surface area contributed by atoms with E-state index in [2.05, 4.69) is 20.8 Å². The van der Waals surface area contributed by atoms with Gasteiger partial charge in [0.25, 0.3) is 0 Å². The highest BCUT2D eigenvalue weighted by molar-refractivity contribution is 4.80. The molecule has 1 heteroatoms. The Balaban J connectivity index is 3.30. The third-order valence-electron chi connectivity index (χ3n) is 5.99. The fourth-order valence-corrected chi connectivity index (χ4v) is 4.01. The first-order valence-corrected chi connectivity index (χ1v) is 12.7. The van der Waals surface area contributed by atoms with Crippen LogP contribution in [0.1, 0.15) is 155 Å². The smallest absolute Gasteiger partial charge is 0.0648 e. The molecule has 0 spiro atoms. The van der Waals surface area contributed by atoms with Gasteiger partial charge in [0.05, 0.1) is 5.60 Å². The molecule has 1 unspecified atom stereocenters. The number of unbranched alkanes of at least 4 members (excludes halogenated alkanes) is 18. The lowest BCUT2D eigenvalue weighted by Gasteiger charge is -2.23. The van der Waals surface area contributed by atoms with E-state index in [0.29, 0.717) is 0 Å². The van der Waals surface area contributed by atoms with Gasteiger partial charge < -0.3 is 5.11 Å². The summed E-state index contributed by atoms with van der Waals surface area (Å²) in [6.07, 6.45) is 28.9. The zero-order chi connectivity index (χ0) is 20.1. The van der Waals surface area contributed by atoms with Crippen molar-refractivity contribution in [2.75, 3.05) is 0 Å². The van der Waals surface area contributed by atoms with Gasteiger partial charge in [0, 0.05) is 0 Å². The molecule has 0 bridgehead atoms. The first-order valence-electron chi connectivity index (χ1n) is 12.7. The largest absolute Gasteiger partial charge is 0.390 e. The fraction of sp³-hybridized carbons (Fsp3) is 0.962. The monoisotopic (exact) mass is 381 g/mol. The van der Waals surface area contributed by atoms with Gasteiger partial charge in [0.2, 0.25) is 0 Å². The van der Waals surface area contributed by atoms with Crippen molar-refractivity contribution in [3.05, 3.63) is 6.92 Å². The summed E-state index contributed by atoms with van der Waals surface area (Å²) in [5.41, 5.74) is -0.666. The van der Waals surface area contributed by atoms with Crippen molar-refractivity contribution in [3.63, 3.8) is 0 Å². The van der Waals surface area contributed by atoms with E-state index < -0.39 is 5.60 Å². The standard InChI is InChI=1S/C26H53O/c1-4-6-8-10-12-14-15-16-17-19-21-23-25-26(3,27)24-22-20-18-13-11-9-7-5-2/h27H,3-25H2,1-2H3. The van der Waals surface area contributed by atoms with E-state index >= 15 is 0 Å². The lowest BCUT2D eigenvalue weighted by atomic mass is 9.91. The second kappa shape index (κ2) is 20.7. The minimum Gasteiger partial charge on any atom is -0.390 e. The van der Waals surface area contributed by atoms with Crippen LogP contribution in [-0.4, -0.2) is 10.7 Å². The maximum absolute atomic E-state index is 10.4. The maximum Gasteiger partial charge on any atom is 0.0648 e. The Hall–Kier alpha value is -0.0400. The predicted octanol–water partition coefficient (Wildman–Crippen LogP) is 9.17. The zero-order valence-corrected chi connectivity index (χ0v) is 19.2. The number of aliphatic hydroxyl groups is 1. The molecule has 0 saturated carbocycles. The molecule has 0 aromatic rings. The number of hydrogen-bond acceptors (Lipinski definition) is 1. The van der Waals surface area contributed by atoms with Gasteiger partial charge in [-0.05, 0) is 19.8 Å². The van der Waals surface area contributed by atoms with Crippen LogP contribution in [0.3, 0.4) is 0 Å². The van der Waals surface area contributed by atoms with E-state index in [0.717, 1.165) is 25.7 Å². The molecule has 0 aromatic carbocycles. The Morgan fingerprint density at radius 3 is 0.926 bits per heavy atom. The molecule has 1 radical (unpaired) electrons. The highest BCUT2D eigenvalue weighted by atomic mass is 16.3. The van der Waals surface area contributed by atoms with Crippen molar-refractivity contribution in [2.45, 2.75) is 161 Å². The molecule has 0 fully saturated rings. The Morgan fingerprint density at radius 2 is 0.667 bits per heavy atom. The minimum absolute atomic E-state index is 0.666. The van der Waals surface area contributed by atoms with Crippen LogP contribution in [0.4, 0.5) is 0 Å². The lowest BCUT2D eigenvalue weighted by Crippen LogP contribution is -2.24. The Bertz CT molecular complexity index is 271. The second-order valence-electron chi connectivity index (χ2n) is 9.09. The quantitative estimate of drug-likeness (QED) is 0.185. The van der Waals surface area contributed by atoms with Crippen LogP contribution in [0.15, 0.2) is 0 Å². The molecule has 0 saturated heterocycles. The average Bonchev–Trinajstić information content (AvgIpc) is 2.64.